The van der Waals surface area contributed by atoms with E-state index in [1.807, 2.05) is 31.2 Å². The summed E-state index contributed by atoms with van der Waals surface area (Å²) in [5.74, 6) is 0.723. The first-order valence-corrected chi connectivity index (χ1v) is 5.40. The molecule has 1 unspecified atom stereocenters. The fraction of sp³-hybridized carbons (Fsp3) is 0.286. The van der Waals surface area contributed by atoms with Crippen LogP contribution in [0, 0.1) is 12.1 Å². The van der Waals surface area contributed by atoms with E-state index in [-0.39, 0.29) is 0 Å². The molecule has 1 atom stereocenters. The van der Waals surface area contributed by atoms with E-state index in [0.717, 1.165) is 22.1 Å². The van der Waals surface area contributed by atoms with Crippen LogP contribution in [0.1, 0.15) is 25.5 Å². The van der Waals surface area contributed by atoms with Gasteiger partial charge in [0.2, 0.25) is 0 Å². The van der Waals surface area contributed by atoms with E-state index in [9.17, 15) is 5.11 Å². The molecule has 0 amide bonds. The van der Waals surface area contributed by atoms with Gasteiger partial charge < -0.3 is 9.84 Å². The first-order valence-electron chi connectivity index (χ1n) is 5.40. The molecule has 0 saturated heterocycles. The molecule has 1 N–H and O–H groups in total. The average molecular weight is 214 g/mol. The molecular weight excluding hydrogens is 200 g/mol. The predicted octanol–water partition coefficient (Wildman–Crippen LogP) is 2.89. The molecule has 2 nitrogen and oxygen atoms in total. The fourth-order valence-corrected chi connectivity index (χ4v) is 1.84. The molecule has 0 radical (unpaired) electrons. The van der Waals surface area contributed by atoms with E-state index in [1.54, 1.807) is 6.92 Å². The van der Waals surface area contributed by atoms with Gasteiger partial charge in [-0.15, -0.1) is 0 Å². The summed E-state index contributed by atoms with van der Waals surface area (Å²) in [5, 5.41) is 11.7. The van der Waals surface area contributed by atoms with Crippen LogP contribution in [-0.4, -0.2) is 11.7 Å². The summed E-state index contributed by atoms with van der Waals surface area (Å²) in [5.41, 5.74) is 0.788. The van der Waals surface area contributed by atoms with Crippen molar-refractivity contribution in [3.05, 3.63) is 42.0 Å². The standard InChI is InChI=1S/C14H14O2/c1-3-16-13-9-8-11-6-4-5-7-12(11)14(13)10(2)15/h4,6,8-10,15H,3H2,1-2H3. The van der Waals surface area contributed by atoms with E-state index < -0.39 is 6.10 Å². The van der Waals surface area contributed by atoms with Crippen LogP contribution in [0.2, 0.25) is 0 Å². The Balaban J connectivity index is 2.69. The second-order valence-electron chi connectivity index (χ2n) is 3.65. The Hall–Kier alpha value is -1.72. The molecule has 0 fully saturated rings. The normalized spacial score (nSPS) is 12.2. The molecule has 2 aromatic carbocycles. The second-order valence-corrected chi connectivity index (χ2v) is 3.65. The summed E-state index contributed by atoms with van der Waals surface area (Å²) in [7, 11) is 0. The van der Waals surface area contributed by atoms with Gasteiger partial charge in [-0.3, -0.25) is 0 Å². The van der Waals surface area contributed by atoms with Gasteiger partial charge >= 0.3 is 0 Å². The van der Waals surface area contributed by atoms with Crippen LogP contribution < -0.4 is 4.74 Å². The number of aliphatic hydroxyl groups is 1. The summed E-state index contributed by atoms with van der Waals surface area (Å²) in [6, 6.07) is 13.6. The number of rotatable bonds is 3. The van der Waals surface area contributed by atoms with Crippen LogP contribution in [0.5, 0.6) is 5.75 Å². The quantitative estimate of drug-likeness (QED) is 0.851. The topological polar surface area (TPSA) is 29.5 Å². The third kappa shape index (κ3) is 1.82. The first-order chi connectivity index (χ1) is 7.74. The maximum absolute atomic E-state index is 9.82. The largest absolute Gasteiger partial charge is 0.493 e. The van der Waals surface area contributed by atoms with Crippen LogP contribution >= 0.6 is 0 Å². The Morgan fingerprint density at radius 1 is 1.38 bits per heavy atom. The summed E-state index contributed by atoms with van der Waals surface area (Å²) in [4.78, 5) is 0. The minimum absolute atomic E-state index is 0.572. The molecule has 0 spiro atoms. The summed E-state index contributed by atoms with van der Waals surface area (Å²) >= 11 is 0. The van der Waals surface area contributed by atoms with Gasteiger partial charge in [-0.25, -0.2) is 0 Å². The van der Waals surface area contributed by atoms with Gasteiger partial charge in [-0.05, 0) is 37.4 Å². The number of benzene rings is 1. The van der Waals surface area contributed by atoms with Crippen molar-refractivity contribution < 1.29 is 9.84 Å². The molecule has 0 aliphatic heterocycles. The number of hydrogen-bond donors (Lipinski definition) is 1. The molecule has 0 aromatic heterocycles. The minimum Gasteiger partial charge on any atom is -0.493 e. The Morgan fingerprint density at radius 3 is 2.88 bits per heavy atom. The third-order valence-electron chi connectivity index (χ3n) is 2.50. The van der Waals surface area contributed by atoms with E-state index >= 15 is 0 Å². The lowest BCUT2D eigenvalue weighted by molar-refractivity contribution is 0.194. The van der Waals surface area contributed by atoms with E-state index in [0.29, 0.717) is 6.61 Å². The maximum Gasteiger partial charge on any atom is 0.126 e. The van der Waals surface area contributed by atoms with E-state index in [4.69, 9.17) is 4.74 Å². The highest BCUT2D eigenvalue weighted by Gasteiger charge is 2.13. The van der Waals surface area contributed by atoms with Gasteiger partial charge in [0.15, 0.2) is 0 Å². The van der Waals surface area contributed by atoms with Gasteiger partial charge in [0.05, 0.1) is 12.7 Å². The second kappa shape index (κ2) is 4.42. The van der Waals surface area contributed by atoms with Gasteiger partial charge in [0, 0.05) is 10.9 Å². The minimum atomic E-state index is -0.572. The molecule has 0 bridgehead atoms. The zero-order chi connectivity index (χ0) is 11.5. The number of fused-ring (bicyclic) bond motifs is 1. The Bertz CT molecular complexity index is 489. The average Bonchev–Trinajstić information content (AvgIpc) is 2.28. The lowest BCUT2D eigenvalue weighted by Gasteiger charge is -2.14. The molecule has 82 valence electrons. The molecule has 0 heterocycles. The Kier molecular flexibility index (Phi) is 2.98. The van der Waals surface area contributed by atoms with Crippen LogP contribution in [-0.2, 0) is 0 Å². The van der Waals surface area contributed by atoms with Crippen molar-refractivity contribution >= 4 is 10.8 Å². The molecule has 0 aliphatic carbocycles. The van der Waals surface area contributed by atoms with Gasteiger partial charge in [-0.2, -0.15) is 0 Å². The van der Waals surface area contributed by atoms with Crippen molar-refractivity contribution in [2.45, 2.75) is 20.0 Å². The monoisotopic (exact) mass is 214 g/mol. The highest BCUT2D eigenvalue weighted by Crippen LogP contribution is 2.31. The van der Waals surface area contributed by atoms with Crippen LogP contribution in [0.3, 0.4) is 0 Å². The number of ether oxygens (including phenoxy) is 1. The molecule has 2 aromatic rings. The molecule has 0 saturated carbocycles. The predicted molar refractivity (Wildman–Crippen MR) is 63.4 cm³/mol. The van der Waals surface area contributed by atoms with Crippen molar-refractivity contribution in [1.29, 1.82) is 0 Å². The zero-order valence-corrected chi connectivity index (χ0v) is 9.45. The lowest BCUT2D eigenvalue weighted by atomic mass is 10.0. The summed E-state index contributed by atoms with van der Waals surface area (Å²) in [6.07, 6.45) is -0.572. The molecule has 2 rings (SSSR count). The van der Waals surface area contributed by atoms with E-state index in [1.165, 1.54) is 0 Å². The van der Waals surface area contributed by atoms with Crippen molar-refractivity contribution in [3.63, 3.8) is 0 Å². The third-order valence-corrected chi connectivity index (χ3v) is 2.50. The van der Waals surface area contributed by atoms with Crippen molar-refractivity contribution in [1.82, 2.24) is 0 Å². The smallest absolute Gasteiger partial charge is 0.126 e. The molecule has 2 heteroatoms. The number of aliphatic hydroxyl groups excluding tert-OH is 1. The van der Waals surface area contributed by atoms with Crippen molar-refractivity contribution in [2.75, 3.05) is 6.61 Å². The zero-order valence-electron chi connectivity index (χ0n) is 9.45. The van der Waals surface area contributed by atoms with Gasteiger partial charge in [0.1, 0.15) is 5.75 Å². The van der Waals surface area contributed by atoms with Crippen LogP contribution in [0.4, 0.5) is 0 Å². The fourth-order valence-electron chi connectivity index (χ4n) is 1.84. The van der Waals surface area contributed by atoms with Crippen molar-refractivity contribution in [2.24, 2.45) is 0 Å². The van der Waals surface area contributed by atoms with Crippen molar-refractivity contribution in [3.8, 4) is 5.75 Å². The molecule has 16 heavy (non-hydrogen) atoms. The lowest BCUT2D eigenvalue weighted by Crippen LogP contribution is -2.00. The summed E-state index contributed by atoms with van der Waals surface area (Å²) in [6.45, 7) is 4.25. The SMILES string of the molecule is CCOc1ccc2ccc#cc2c1C(C)O. The molecule has 0 aliphatic rings. The number of hydrogen-bond acceptors (Lipinski definition) is 2. The highest BCUT2D eigenvalue weighted by atomic mass is 16.5. The Morgan fingerprint density at radius 2 is 2.19 bits per heavy atom. The van der Waals surface area contributed by atoms with Crippen LogP contribution in [0.15, 0.2) is 24.3 Å². The highest BCUT2D eigenvalue weighted by molar-refractivity contribution is 5.86. The molecular formula is C14H14O2. The van der Waals surface area contributed by atoms with E-state index in [2.05, 4.69) is 12.1 Å². The Labute approximate surface area is 95.5 Å². The van der Waals surface area contributed by atoms with Crippen LogP contribution in [0.25, 0.3) is 10.8 Å². The van der Waals surface area contributed by atoms with Gasteiger partial charge in [-0.1, -0.05) is 18.2 Å². The van der Waals surface area contributed by atoms with Gasteiger partial charge in [0.25, 0.3) is 0 Å². The summed E-state index contributed by atoms with van der Waals surface area (Å²) < 4.78 is 5.51. The first kappa shape index (κ1) is 10.8. The maximum atomic E-state index is 9.82.